The van der Waals surface area contributed by atoms with Crippen LogP contribution < -0.4 is 10.6 Å². The van der Waals surface area contributed by atoms with Crippen molar-refractivity contribution in [2.45, 2.75) is 70.1 Å². The van der Waals surface area contributed by atoms with E-state index < -0.39 is 54.2 Å². The zero-order chi connectivity index (χ0) is 23.9. The van der Waals surface area contributed by atoms with Crippen molar-refractivity contribution in [2.24, 2.45) is 11.3 Å². The van der Waals surface area contributed by atoms with Crippen molar-refractivity contribution in [3.8, 4) is 0 Å². The summed E-state index contributed by atoms with van der Waals surface area (Å²) < 4.78 is 55.1. The van der Waals surface area contributed by atoms with Gasteiger partial charge in [0.05, 0.1) is 6.04 Å². The standard InChI is InChI=1S/C20H27F4N3O5/c1-18(2,21)17(31)27-10-19(4-5-19)8-13(27)16(30)26-12(7-11-3-6-25-15(11)29)14(28)9-32-20(22,23)24/h11-13H,3-10H2,1-2H3,(H,25,29)(H,26,30)/t11-,12-,13-/m0/s1. The monoisotopic (exact) mass is 465 g/mol. The number of hydrogen-bond acceptors (Lipinski definition) is 5. The van der Waals surface area contributed by atoms with Crippen molar-refractivity contribution in [3.63, 3.8) is 0 Å². The first-order chi connectivity index (χ1) is 14.7. The molecule has 8 nitrogen and oxygen atoms in total. The summed E-state index contributed by atoms with van der Waals surface area (Å²) in [6.07, 6.45) is -3.03. The highest BCUT2D eigenvalue weighted by Crippen LogP contribution is 2.55. The van der Waals surface area contributed by atoms with E-state index in [0.29, 0.717) is 13.0 Å². The Morgan fingerprint density at radius 1 is 1.25 bits per heavy atom. The molecule has 3 fully saturated rings. The highest BCUT2D eigenvalue weighted by molar-refractivity contribution is 5.95. The van der Waals surface area contributed by atoms with Crippen LogP contribution in [0.4, 0.5) is 17.6 Å². The minimum atomic E-state index is -5.03. The molecule has 2 heterocycles. The quantitative estimate of drug-likeness (QED) is 0.525. The molecular weight excluding hydrogens is 438 g/mol. The Balaban J connectivity index is 1.74. The van der Waals surface area contributed by atoms with Crippen molar-refractivity contribution in [2.75, 3.05) is 19.7 Å². The van der Waals surface area contributed by atoms with Crippen LogP contribution in [-0.4, -0.2) is 72.2 Å². The number of halogens is 4. The van der Waals surface area contributed by atoms with Gasteiger partial charge in [0.2, 0.25) is 11.8 Å². The van der Waals surface area contributed by atoms with Gasteiger partial charge in [-0.25, -0.2) is 4.39 Å². The highest BCUT2D eigenvalue weighted by atomic mass is 19.4. The lowest BCUT2D eigenvalue weighted by atomic mass is 9.95. The maximum atomic E-state index is 14.3. The van der Waals surface area contributed by atoms with E-state index in [2.05, 4.69) is 15.4 Å². The molecule has 12 heteroatoms. The van der Waals surface area contributed by atoms with Gasteiger partial charge in [-0.15, -0.1) is 13.2 Å². The van der Waals surface area contributed by atoms with E-state index in [1.54, 1.807) is 0 Å². The smallest absolute Gasteiger partial charge is 0.356 e. The van der Waals surface area contributed by atoms with Gasteiger partial charge in [0, 0.05) is 19.0 Å². The van der Waals surface area contributed by atoms with Gasteiger partial charge in [0.1, 0.15) is 12.6 Å². The van der Waals surface area contributed by atoms with E-state index in [1.165, 1.54) is 0 Å². The van der Waals surface area contributed by atoms with Gasteiger partial charge in [0.25, 0.3) is 5.91 Å². The second-order valence-corrected chi connectivity index (χ2v) is 9.40. The fourth-order valence-electron chi connectivity index (χ4n) is 4.33. The molecule has 0 aromatic rings. The lowest BCUT2D eigenvalue weighted by molar-refractivity contribution is -0.321. The summed E-state index contributed by atoms with van der Waals surface area (Å²) in [5.41, 5.74) is -2.48. The normalized spacial score (nSPS) is 25.6. The van der Waals surface area contributed by atoms with Crippen molar-refractivity contribution in [3.05, 3.63) is 0 Å². The minimum Gasteiger partial charge on any atom is -0.356 e. The molecule has 2 aliphatic heterocycles. The Hall–Kier alpha value is -2.24. The number of rotatable bonds is 8. The maximum absolute atomic E-state index is 14.3. The molecule has 180 valence electrons. The van der Waals surface area contributed by atoms with Crippen LogP contribution in [0.5, 0.6) is 0 Å². The van der Waals surface area contributed by atoms with E-state index >= 15 is 0 Å². The Morgan fingerprint density at radius 2 is 1.91 bits per heavy atom. The number of nitrogens with one attached hydrogen (secondary N) is 2. The van der Waals surface area contributed by atoms with Gasteiger partial charge < -0.3 is 15.5 Å². The zero-order valence-electron chi connectivity index (χ0n) is 17.9. The van der Waals surface area contributed by atoms with Crippen LogP contribution in [0.15, 0.2) is 0 Å². The molecule has 2 saturated heterocycles. The fraction of sp³-hybridized carbons (Fsp3) is 0.800. The minimum absolute atomic E-state index is 0.196. The van der Waals surface area contributed by atoms with Crippen LogP contribution in [0.2, 0.25) is 0 Å². The summed E-state index contributed by atoms with van der Waals surface area (Å²) in [6.45, 7) is 1.41. The number of ketones is 1. The van der Waals surface area contributed by atoms with E-state index in [0.717, 1.165) is 31.6 Å². The molecular formula is C20H27F4N3O5. The predicted octanol–water partition coefficient (Wildman–Crippen LogP) is 1.23. The third kappa shape index (κ3) is 5.76. The molecule has 3 aliphatic rings. The number of carbonyl (C=O) groups is 4. The largest absolute Gasteiger partial charge is 0.522 e. The Morgan fingerprint density at radius 3 is 2.41 bits per heavy atom. The Labute approximate surface area is 182 Å². The fourth-order valence-corrected chi connectivity index (χ4v) is 4.33. The molecule has 2 N–H and O–H groups in total. The summed E-state index contributed by atoms with van der Waals surface area (Å²) in [5.74, 6) is -3.67. The van der Waals surface area contributed by atoms with Crippen LogP contribution in [0, 0.1) is 11.3 Å². The number of hydrogen-bond donors (Lipinski definition) is 2. The Kier molecular flexibility index (Phi) is 6.56. The molecule has 0 unspecified atom stereocenters. The number of amides is 3. The second kappa shape index (κ2) is 8.60. The van der Waals surface area contributed by atoms with Crippen molar-refractivity contribution < 1.29 is 41.5 Å². The van der Waals surface area contributed by atoms with Crippen LogP contribution >= 0.6 is 0 Å². The van der Waals surface area contributed by atoms with Gasteiger partial charge in [-0.05, 0) is 51.4 Å². The second-order valence-electron chi connectivity index (χ2n) is 9.40. The van der Waals surface area contributed by atoms with E-state index in [4.69, 9.17) is 0 Å². The molecule has 0 aromatic heterocycles. The predicted molar refractivity (Wildman–Crippen MR) is 102 cm³/mol. The van der Waals surface area contributed by atoms with Crippen LogP contribution in [-0.2, 0) is 23.9 Å². The molecule has 0 radical (unpaired) electrons. The van der Waals surface area contributed by atoms with Crippen LogP contribution in [0.3, 0.4) is 0 Å². The first-order valence-corrected chi connectivity index (χ1v) is 10.5. The molecule has 0 bridgehead atoms. The van der Waals surface area contributed by atoms with E-state index in [-0.39, 0.29) is 30.7 Å². The Bertz CT molecular complexity index is 791. The lowest BCUT2D eigenvalue weighted by Crippen LogP contribution is -2.54. The number of Topliss-reactive ketones (excluding diaryl/α,β-unsaturated/α-hetero) is 1. The third-order valence-corrected chi connectivity index (χ3v) is 6.30. The van der Waals surface area contributed by atoms with Gasteiger partial charge >= 0.3 is 6.36 Å². The first-order valence-electron chi connectivity index (χ1n) is 10.5. The number of ether oxygens (including phenoxy) is 1. The van der Waals surface area contributed by atoms with Crippen LogP contribution in [0.25, 0.3) is 0 Å². The van der Waals surface area contributed by atoms with Crippen molar-refractivity contribution in [1.82, 2.24) is 15.5 Å². The summed E-state index contributed by atoms with van der Waals surface area (Å²) >= 11 is 0. The highest BCUT2D eigenvalue weighted by Gasteiger charge is 2.57. The molecule has 1 spiro atoms. The molecule has 1 saturated carbocycles. The number of nitrogens with zero attached hydrogens (tertiary/aromatic N) is 1. The average molecular weight is 465 g/mol. The van der Waals surface area contributed by atoms with E-state index in [1.807, 2.05) is 0 Å². The average Bonchev–Trinajstić information content (AvgIpc) is 3.13. The summed E-state index contributed by atoms with van der Waals surface area (Å²) in [4.78, 5) is 51.1. The number of likely N-dealkylation sites (tertiary alicyclic amines) is 1. The van der Waals surface area contributed by atoms with E-state index in [9.17, 15) is 36.7 Å². The third-order valence-electron chi connectivity index (χ3n) is 6.30. The molecule has 1 aliphatic carbocycles. The molecule has 3 atom stereocenters. The summed E-state index contributed by atoms with van der Waals surface area (Å²) in [6, 6.07) is -2.46. The van der Waals surface area contributed by atoms with Crippen LogP contribution in [0.1, 0.15) is 46.0 Å². The molecule has 3 rings (SSSR count). The van der Waals surface area contributed by atoms with Crippen molar-refractivity contribution >= 4 is 23.5 Å². The van der Waals surface area contributed by atoms with Gasteiger partial charge in [-0.3, -0.25) is 23.9 Å². The van der Waals surface area contributed by atoms with Gasteiger partial charge in [-0.2, -0.15) is 0 Å². The maximum Gasteiger partial charge on any atom is 0.522 e. The van der Waals surface area contributed by atoms with Gasteiger partial charge in [0.15, 0.2) is 11.5 Å². The van der Waals surface area contributed by atoms with Crippen molar-refractivity contribution in [1.29, 1.82) is 0 Å². The SMILES string of the molecule is CC(C)(F)C(=O)N1CC2(CC2)C[C@H]1C(=O)N[C@@H](C[C@@H]1CCNC1=O)C(=O)COC(F)(F)F. The molecule has 0 aromatic carbocycles. The topological polar surface area (TPSA) is 105 Å². The lowest BCUT2D eigenvalue weighted by Gasteiger charge is -2.29. The first kappa shape index (κ1) is 24.4. The molecule has 3 amide bonds. The molecule has 32 heavy (non-hydrogen) atoms. The zero-order valence-corrected chi connectivity index (χ0v) is 17.9. The summed E-state index contributed by atoms with van der Waals surface area (Å²) in [5, 5.41) is 4.98. The summed E-state index contributed by atoms with van der Waals surface area (Å²) in [7, 11) is 0. The number of alkyl halides is 4. The van der Waals surface area contributed by atoms with Gasteiger partial charge in [-0.1, -0.05) is 0 Å². The number of carbonyl (C=O) groups excluding carboxylic acids is 4.